The minimum absolute atomic E-state index is 0.00953. The van der Waals surface area contributed by atoms with Gasteiger partial charge < -0.3 is 10.6 Å². The molecule has 2 heterocycles. The molecule has 0 radical (unpaired) electrons. The van der Waals surface area contributed by atoms with E-state index in [0.29, 0.717) is 25.3 Å². The number of aromatic nitrogens is 4. The predicted molar refractivity (Wildman–Crippen MR) is 105 cm³/mol. The molecular weight excluding hydrogens is 340 g/mol. The van der Waals surface area contributed by atoms with Gasteiger partial charge >= 0.3 is 0 Å². The predicted octanol–water partition coefficient (Wildman–Crippen LogP) is 2.36. The number of anilines is 1. The fraction of sp³-hybridized carbons (Fsp3) is 0.300. The Bertz CT molecular complexity index is 934. The van der Waals surface area contributed by atoms with Crippen LogP contribution in [0, 0.1) is 20.8 Å². The Morgan fingerprint density at radius 2 is 1.93 bits per heavy atom. The van der Waals surface area contributed by atoms with Crippen molar-refractivity contribution in [1.82, 2.24) is 24.8 Å². The molecule has 7 heteroatoms. The van der Waals surface area contributed by atoms with Crippen molar-refractivity contribution in [1.29, 1.82) is 0 Å². The second kappa shape index (κ2) is 8.44. The highest BCUT2D eigenvalue weighted by atomic mass is 16.1. The van der Waals surface area contributed by atoms with Crippen LogP contribution < -0.4 is 10.6 Å². The lowest BCUT2D eigenvalue weighted by molar-refractivity contribution is -0.120. The molecule has 7 nitrogen and oxygen atoms in total. The van der Waals surface area contributed by atoms with E-state index in [-0.39, 0.29) is 5.91 Å². The van der Waals surface area contributed by atoms with Crippen LogP contribution in [0.3, 0.4) is 0 Å². The highest BCUT2D eigenvalue weighted by molar-refractivity contribution is 5.78. The number of amides is 1. The number of rotatable bonds is 7. The van der Waals surface area contributed by atoms with Crippen molar-refractivity contribution < 1.29 is 4.79 Å². The molecule has 0 aliphatic heterocycles. The Kier molecular flexibility index (Phi) is 5.80. The van der Waals surface area contributed by atoms with Gasteiger partial charge in [-0.2, -0.15) is 0 Å². The summed E-state index contributed by atoms with van der Waals surface area (Å²) in [6, 6.07) is 9.85. The van der Waals surface area contributed by atoms with E-state index >= 15 is 0 Å². The van der Waals surface area contributed by atoms with E-state index in [2.05, 4.69) is 25.6 Å². The van der Waals surface area contributed by atoms with Crippen LogP contribution in [-0.2, 0) is 11.2 Å². The summed E-state index contributed by atoms with van der Waals surface area (Å²) in [5.41, 5.74) is 4.19. The molecule has 0 bridgehead atoms. The van der Waals surface area contributed by atoms with Crippen LogP contribution >= 0.6 is 0 Å². The van der Waals surface area contributed by atoms with Crippen LogP contribution in [0.15, 0.2) is 43.0 Å². The molecule has 2 N–H and O–H groups in total. The number of carbonyl (C=O) groups excluding carboxylic acids is 1. The number of hydrogen-bond acceptors (Lipinski definition) is 5. The molecule has 0 saturated heterocycles. The first kappa shape index (κ1) is 18.6. The molecule has 0 spiro atoms. The molecule has 1 amide bonds. The SMILES string of the molecule is Cc1cccc(CC(=O)NCCNc2cc(-n3cnc(C)c3C)ncn2)c1. The summed E-state index contributed by atoms with van der Waals surface area (Å²) in [6.07, 6.45) is 3.66. The minimum atomic E-state index is 0.00953. The van der Waals surface area contributed by atoms with E-state index in [9.17, 15) is 4.79 Å². The molecule has 0 unspecified atom stereocenters. The molecule has 0 fully saturated rings. The lowest BCUT2D eigenvalue weighted by atomic mass is 10.1. The summed E-state index contributed by atoms with van der Waals surface area (Å²) in [5, 5.41) is 6.13. The summed E-state index contributed by atoms with van der Waals surface area (Å²) < 4.78 is 1.92. The normalized spacial score (nSPS) is 10.6. The van der Waals surface area contributed by atoms with Crippen LogP contribution in [0.1, 0.15) is 22.5 Å². The summed E-state index contributed by atoms with van der Waals surface area (Å²) in [5.74, 6) is 1.48. The van der Waals surface area contributed by atoms with Gasteiger partial charge in [-0.15, -0.1) is 0 Å². The summed E-state index contributed by atoms with van der Waals surface area (Å²) >= 11 is 0. The van der Waals surface area contributed by atoms with Gasteiger partial charge in [-0.05, 0) is 26.3 Å². The number of hydrogen-bond donors (Lipinski definition) is 2. The molecule has 3 aromatic rings. The second-order valence-corrected chi connectivity index (χ2v) is 6.49. The van der Waals surface area contributed by atoms with Crippen molar-refractivity contribution in [2.45, 2.75) is 27.2 Å². The third-order valence-corrected chi connectivity index (χ3v) is 4.35. The maximum Gasteiger partial charge on any atom is 0.224 e. The lowest BCUT2D eigenvalue weighted by Crippen LogP contribution is -2.30. The molecule has 3 rings (SSSR count). The number of nitrogens with zero attached hydrogens (tertiary/aromatic N) is 4. The van der Waals surface area contributed by atoms with Crippen molar-refractivity contribution >= 4 is 11.7 Å². The van der Waals surface area contributed by atoms with Crippen molar-refractivity contribution in [2.75, 3.05) is 18.4 Å². The molecule has 140 valence electrons. The fourth-order valence-electron chi connectivity index (χ4n) is 2.77. The largest absolute Gasteiger partial charge is 0.368 e. The highest BCUT2D eigenvalue weighted by Gasteiger charge is 2.07. The zero-order chi connectivity index (χ0) is 19.2. The molecule has 0 aliphatic carbocycles. The van der Waals surface area contributed by atoms with E-state index in [0.717, 1.165) is 28.3 Å². The quantitative estimate of drug-likeness (QED) is 0.629. The van der Waals surface area contributed by atoms with Crippen LogP contribution in [0.25, 0.3) is 5.82 Å². The zero-order valence-electron chi connectivity index (χ0n) is 15.9. The smallest absolute Gasteiger partial charge is 0.224 e. The number of benzene rings is 1. The number of imidazole rings is 1. The number of nitrogens with one attached hydrogen (secondary N) is 2. The van der Waals surface area contributed by atoms with Crippen molar-refractivity contribution in [2.24, 2.45) is 0 Å². The minimum Gasteiger partial charge on any atom is -0.368 e. The van der Waals surface area contributed by atoms with Crippen molar-refractivity contribution in [3.8, 4) is 5.82 Å². The van der Waals surface area contributed by atoms with Crippen LogP contribution in [0.2, 0.25) is 0 Å². The van der Waals surface area contributed by atoms with Crippen LogP contribution in [0.4, 0.5) is 5.82 Å². The zero-order valence-corrected chi connectivity index (χ0v) is 15.9. The van der Waals surface area contributed by atoms with Gasteiger partial charge in [0.1, 0.15) is 24.3 Å². The van der Waals surface area contributed by atoms with Crippen molar-refractivity contribution in [3.63, 3.8) is 0 Å². The molecule has 0 saturated carbocycles. The summed E-state index contributed by atoms with van der Waals surface area (Å²) in [4.78, 5) is 24.9. The average molecular weight is 364 g/mol. The van der Waals surface area contributed by atoms with Crippen LogP contribution in [0.5, 0.6) is 0 Å². The molecule has 1 aromatic carbocycles. The van der Waals surface area contributed by atoms with E-state index in [1.807, 2.05) is 55.7 Å². The maximum atomic E-state index is 12.0. The molecule has 27 heavy (non-hydrogen) atoms. The summed E-state index contributed by atoms with van der Waals surface area (Å²) in [6.45, 7) is 7.09. The third-order valence-electron chi connectivity index (χ3n) is 4.35. The molecule has 2 aromatic heterocycles. The Labute approximate surface area is 158 Å². The Balaban J connectivity index is 1.49. The standard InChI is InChI=1S/C20H24N6O/c1-14-5-4-6-17(9-14)10-20(27)22-8-7-21-18-11-19(24-12-23-18)26-13-25-15(2)16(26)3/h4-6,9,11-13H,7-8,10H2,1-3H3,(H,22,27)(H,21,23,24). The monoisotopic (exact) mass is 364 g/mol. The Hall–Kier alpha value is -3.22. The molecular formula is C20H24N6O. The van der Waals surface area contributed by atoms with E-state index in [1.165, 1.54) is 6.33 Å². The van der Waals surface area contributed by atoms with E-state index in [4.69, 9.17) is 0 Å². The first-order chi connectivity index (χ1) is 13.0. The van der Waals surface area contributed by atoms with Gasteiger partial charge in [0.15, 0.2) is 0 Å². The summed E-state index contributed by atoms with van der Waals surface area (Å²) in [7, 11) is 0. The van der Waals surface area contributed by atoms with Gasteiger partial charge in [0, 0.05) is 24.8 Å². The average Bonchev–Trinajstić information content (AvgIpc) is 2.98. The first-order valence-corrected chi connectivity index (χ1v) is 8.92. The third kappa shape index (κ3) is 4.91. The van der Waals surface area contributed by atoms with Crippen LogP contribution in [-0.4, -0.2) is 38.5 Å². The number of aryl methyl sites for hydroxylation is 2. The highest BCUT2D eigenvalue weighted by Crippen LogP contribution is 2.13. The van der Waals surface area contributed by atoms with Gasteiger partial charge in [-0.1, -0.05) is 29.8 Å². The molecule has 0 atom stereocenters. The van der Waals surface area contributed by atoms with E-state index in [1.54, 1.807) is 6.33 Å². The van der Waals surface area contributed by atoms with Gasteiger partial charge in [0.2, 0.25) is 5.91 Å². The fourth-order valence-corrected chi connectivity index (χ4v) is 2.77. The topological polar surface area (TPSA) is 84.7 Å². The number of carbonyl (C=O) groups is 1. The lowest BCUT2D eigenvalue weighted by Gasteiger charge is -2.09. The van der Waals surface area contributed by atoms with Gasteiger partial charge in [-0.25, -0.2) is 15.0 Å². The van der Waals surface area contributed by atoms with Gasteiger partial charge in [0.05, 0.1) is 12.1 Å². The molecule has 0 aliphatic rings. The van der Waals surface area contributed by atoms with Crippen molar-refractivity contribution in [3.05, 3.63) is 65.5 Å². The van der Waals surface area contributed by atoms with Gasteiger partial charge in [-0.3, -0.25) is 9.36 Å². The Morgan fingerprint density at radius 1 is 1.07 bits per heavy atom. The van der Waals surface area contributed by atoms with E-state index < -0.39 is 0 Å². The van der Waals surface area contributed by atoms with Gasteiger partial charge in [0.25, 0.3) is 0 Å². The first-order valence-electron chi connectivity index (χ1n) is 8.92. The second-order valence-electron chi connectivity index (χ2n) is 6.49. The maximum absolute atomic E-state index is 12.0. The Morgan fingerprint density at radius 3 is 2.67 bits per heavy atom.